The molecule has 4 nitrogen and oxygen atoms in total. The van der Waals surface area contributed by atoms with Gasteiger partial charge in [0.25, 0.3) is 0 Å². The Morgan fingerprint density at radius 3 is 2.88 bits per heavy atom. The third kappa shape index (κ3) is 2.81. The van der Waals surface area contributed by atoms with E-state index < -0.39 is 0 Å². The predicted octanol–water partition coefficient (Wildman–Crippen LogP) is 2.55. The fraction of sp³-hybridized carbons (Fsp3) is 0.0769. The number of pyridine rings is 1. The SMILES string of the molecule is COc1ccc(O)c(C=Nc2ccccn2)c1. The molecule has 1 aromatic heterocycles. The van der Waals surface area contributed by atoms with E-state index >= 15 is 0 Å². The van der Waals surface area contributed by atoms with Gasteiger partial charge < -0.3 is 9.84 Å². The normalized spacial score (nSPS) is 10.6. The van der Waals surface area contributed by atoms with Gasteiger partial charge in [0, 0.05) is 18.0 Å². The molecule has 0 spiro atoms. The van der Waals surface area contributed by atoms with Gasteiger partial charge in [0.2, 0.25) is 0 Å². The number of ether oxygens (including phenoxy) is 1. The molecule has 86 valence electrons. The maximum atomic E-state index is 9.64. The van der Waals surface area contributed by atoms with E-state index in [9.17, 15) is 5.11 Å². The number of aromatic nitrogens is 1. The lowest BCUT2D eigenvalue weighted by Gasteiger charge is -2.02. The highest BCUT2D eigenvalue weighted by molar-refractivity contribution is 5.85. The number of phenols is 1. The second kappa shape index (κ2) is 5.12. The first-order chi connectivity index (χ1) is 8.29. The van der Waals surface area contributed by atoms with Crippen LogP contribution in [0.2, 0.25) is 0 Å². The highest BCUT2D eigenvalue weighted by Gasteiger charge is 2.00. The van der Waals surface area contributed by atoms with Crippen LogP contribution in [0.5, 0.6) is 11.5 Å². The summed E-state index contributed by atoms with van der Waals surface area (Å²) in [6, 6.07) is 10.4. The highest BCUT2D eigenvalue weighted by Crippen LogP contribution is 2.21. The summed E-state index contributed by atoms with van der Waals surface area (Å²) in [5, 5.41) is 9.64. The Balaban J connectivity index is 2.26. The smallest absolute Gasteiger partial charge is 0.151 e. The lowest BCUT2D eigenvalue weighted by Crippen LogP contribution is -1.87. The average Bonchev–Trinajstić information content (AvgIpc) is 2.39. The minimum absolute atomic E-state index is 0.158. The van der Waals surface area contributed by atoms with E-state index in [1.165, 1.54) is 0 Å². The van der Waals surface area contributed by atoms with E-state index in [1.54, 1.807) is 43.8 Å². The molecule has 0 unspecified atom stereocenters. The molecule has 0 aliphatic rings. The summed E-state index contributed by atoms with van der Waals surface area (Å²) in [5.41, 5.74) is 0.593. The van der Waals surface area contributed by atoms with Crippen LogP contribution in [0.25, 0.3) is 0 Å². The van der Waals surface area contributed by atoms with Crippen LogP contribution in [-0.4, -0.2) is 23.4 Å². The molecule has 0 saturated heterocycles. The lowest BCUT2D eigenvalue weighted by atomic mass is 10.2. The number of aromatic hydroxyl groups is 1. The van der Waals surface area contributed by atoms with Crippen LogP contribution in [0.1, 0.15) is 5.56 Å². The van der Waals surface area contributed by atoms with Crippen LogP contribution in [0, 0.1) is 0 Å². The van der Waals surface area contributed by atoms with Crippen LogP contribution in [0.4, 0.5) is 5.82 Å². The summed E-state index contributed by atoms with van der Waals surface area (Å²) >= 11 is 0. The molecule has 0 fully saturated rings. The second-order valence-corrected chi connectivity index (χ2v) is 3.37. The zero-order valence-electron chi connectivity index (χ0n) is 9.37. The Labute approximate surface area is 99.2 Å². The van der Waals surface area contributed by atoms with Crippen molar-refractivity contribution in [2.45, 2.75) is 0 Å². The van der Waals surface area contributed by atoms with Gasteiger partial charge in [0.1, 0.15) is 11.5 Å². The van der Waals surface area contributed by atoms with Gasteiger partial charge in [-0.05, 0) is 30.3 Å². The van der Waals surface area contributed by atoms with Crippen LogP contribution in [0.15, 0.2) is 47.6 Å². The van der Waals surface area contributed by atoms with Gasteiger partial charge in [-0.1, -0.05) is 6.07 Å². The number of benzene rings is 1. The first kappa shape index (κ1) is 11.1. The highest BCUT2D eigenvalue weighted by atomic mass is 16.5. The van der Waals surface area contributed by atoms with Crippen molar-refractivity contribution in [3.8, 4) is 11.5 Å². The standard InChI is InChI=1S/C13H12N2O2/c1-17-11-5-6-12(16)10(8-11)9-15-13-4-2-3-7-14-13/h2-9,16H,1H3. The fourth-order valence-corrected chi connectivity index (χ4v) is 1.33. The van der Waals surface area contributed by atoms with E-state index in [0.717, 1.165) is 0 Å². The maximum Gasteiger partial charge on any atom is 0.151 e. The summed E-state index contributed by atoms with van der Waals surface area (Å²) in [6.07, 6.45) is 3.22. The first-order valence-corrected chi connectivity index (χ1v) is 5.11. The van der Waals surface area contributed by atoms with Crippen molar-refractivity contribution in [2.75, 3.05) is 7.11 Å². The summed E-state index contributed by atoms with van der Waals surface area (Å²) in [4.78, 5) is 8.22. The quantitative estimate of drug-likeness (QED) is 0.821. The number of rotatable bonds is 3. The second-order valence-electron chi connectivity index (χ2n) is 3.37. The van der Waals surface area contributed by atoms with Crippen molar-refractivity contribution in [1.82, 2.24) is 4.98 Å². The van der Waals surface area contributed by atoms with Gasteiger partial charge in [-0.15, -0.1) is 0 Å². The average molecular weight is 228 g/mol. The molecule has 1 N–H and O–H groups in total. The summed E-state index contributed by atoms with van der Waals surface area (Å²) in [7, 11) is 1.58. The van der Waals surface area contributed by atoms with E-state index in [1.807, 2.05) is 12.1 Å². The number of phenolic OH excluding ortho intramolecular Hbond substituents is 1. The molecular weight excluding hydrogens is 216 g/mol. The molecule has 0 atom stereocenters. The number of aliphatic imine (C=N–C) groups is 1. The number of hydrogen-bond donors (Lipinski definition) is 1. The Hall–Kier alpha value is -2.36. The van der Waals surface area contributed by atoms with Gasteiger partial charge in [-0.3, -0.25) is 0 Å². The van der Waals surface area contributed by atoms with Crippen LogP contribution < -0.4 is 4.74 Å². The summed E-state index contributed by atoms with van der Waals surface area (Å²) < 4.78 is 5.07. The molecule has 17 heavy (non-hydrogen) atoms. The molecule has 2 rings (SSSR count). The van der Waals surface area contributed by atoms with E-state index in [4.69, 9.17) is 4.74 Å². The Morgan fingerprint density at radius 1 is 1.29 bits per heavy atom. The van der Waals surface area contributed by atoms with E-state index in [-0.39, 0.29) is 5.75 Å². The summed E-state index contributed by atoms with van der Waals surface area (Å²) in [5.74, 6) is 1.42. The van der Waals surface area contributed by atoms with Gasteiger partial charge in [0.15, 0.2) is 5.82 Å². The molecule has 2 aromatic rings. The fourth-order valence-electron chi connectivity index (χ4n) is 1.33. The van der Waals surface area contributed by atoms with Gasteiger partial charge in [0.05, 0.1) is 7.11 Å². The van der Waals surface area contributed by atoms with Crippen molar-refractivity contribution in [3.05, 3.63) is 48.2 Å². The number of nitrogens with zero attached hydrogens (tertiary/aromatic N) is 2. The molecule has 0 radical (unpaired) electrons. The van der Waals surface area contributed by atoms with Crippen LogP contribution in [0.3, 0.4) is 0 Å². The van der Waals surface area contributed by atoms with Crippen molar-refractivity contribution >= 4 is 12.0 Å². The van der Waals surface area contributed by atoms with Crippen LogP contribution >= 0.6 is 0 Å². The minimum Gasteiger partial charge on any atom is -0.507 e. The molecule has 0 aliphatic carbocycles. The first-order valence-electron chi connectivity index (χ1n) is 5.11. The number of methoxy groups -OCH3 is 1. The molecule has 0 saturated carbocycles. The molecule has 1 aromatic carbocycles. The van der Waals surface area contributed by atoms with Crippen molar-refractivity contribution < 1.29 is 9.84 Å². The van der Waals surface area contributed by atoms with E-state index in [2.05, 4.69) is 9.98 Å². The molecular formula is C13H12N2O2. The zero-order valence-corrected chi connectivity index (χ0v) is 9.37. The third-order valence-electron chi connectivity index (χ3n) is 2.22. The summed E-state index contributed by atoms with van der Waals surface area (Å²) in [6.45, 7) is 0. The van der Waals surface area contributed by atoms with Gasteiger partial charge in [-0.2, -0.15) is 0 Å². The van der Waals surface area contributed by atoms with Gasteiger partial charge in [-0.25, -0.2) is 9.98 Å². The third-order valence-corrected chi connectivity index (χ3v) is 2.22. The van der Waals surface area contributed by atoms with Crippen molar-refractivity contribution in [1.29, 1.82) is 0 Å². The Bertz CT molecular complexity index is 524. The largest absolute Gasteiger partial charge is 0.507 e. The molecule has 0 bridgehead atoms. The van der Waals surface area contributed by atoms with Crippen LogP contribution in [-0.2, 0) is 0 Å². The number of hydrogen-bond acceptors (Lipinski definition) is 4. The Kier molecular flexibility index (Phi) is 3.35. The lowest BCUT2D eigenvalue weighted by molar-refractivity contribution is 0.412. The topological polar surface area (TPSA) is 54.7 Å². The van der Waals surface area contributed by atoms with Crippen molar-refractivity contribution in [2.24, 2.45) is 4.99 Å². The van der Waals surface area contributed by atoms with Gasteiger partial charge >= 0.3 is 0 Å². The molecule has 4 heteroatoms. The molecule has 1 heterocycles. The molecule has 0 amide bonds. The molecule has 0 aliphatic heterocycles. The van der Waals surface area contributed by atoms with E-state index in [0.29, 0.717) is 17.1 Å². The minimum atomic E-state index is 0.158. The van der Waals surface area contributed by atoms with Crippen molar-refractivity contribution in [3.63, 3.8) is 0 Å². The predicted molar refractivity (Wildman–Crippen MR) is 66.1 cm³/mol. The zero-order chi connectivity index (χ0) is 12.1. The maximum absolute atomic E-state index is 9.64. The monoisotopic (exact) mass is 228 g/mol. The Morgan fingerprint density at radius 2 is 2.18 bits per heavy atom.